The molecule has 0 saturated carbocycles. The van der Waals surface area contributed by atoms with Crippen molar-refractivity contribution >= 4 is 11.7 Å². The Kier molecular flexibility index (Phi) is 4.73. The van der Waals surface area contributed by atoms with Crippen molar-refractivity contribution in [1.82, 2.24) is 5.43 Å². The van der Waals surface area contributed by atoms with Gasteiger partial charge in [0.1, 0.15) is 5.92 Å². The molecule has 0 aliphatic heterocycles. The van der Waals surface area contributed by atoms with Gasteiger partial charge in [0.2, 0.25) is 11.7 Å². The van der Waals surface area contributed by atoms with Crippen LogP contribution in [0.3, 0.4) is 0 Å². The molecule has 0 rings (SSSR count). The number of ketones is 1. The SMILES string of the molecule is CC(C)CC(C(=O)NN)C(=O)C(F)(F)F. The van der Waals surface area contributed by atoms with Gasteiger partial charge >= 0.3 is 6.18 Å². The molecule has 0 fully saturated rings. The molecule has 1 unspecified atom stereocenters. The van der Waals surface area contributed by atoms with Crippen LogP contribution in [-0.2, 0) is 9.59 Å². The monoisotopic (exact) mass is 226 g/mol. The smallest absolute Gasteiger partial charge is 0.294 e. The number of hydrogen-bond acceptors (Lipinski definition) is 3. The van der Waals surface area contributed by atoms with Crippen LogP contribution in [0.4, 0.5) is 13.2 Å². The van der Waals surface area contributed by atoms with E-state index in [0.29, 0.717) is 0 Å². The average molecular weight is 226 g/mol. The summed E-state index contributed by atoms with van der Waals surface area (Å²) in [6.45, 7) is 3.22. The lowest BCUT2D eigenvalue weighted by Crippen LogP contribution is -2.44. The van der Waals surface area contributed by atoms with Crippen molar-refractivity contribution in [2.24, 2.45) is 17.7 Å². The Morgan fingerprint density at radius 2 is 1.80 bits per heavy atom. The summed E-state index contributed by atoms with van der Waals surface area (Å²) in [5, 5.41) is 0. The van der Waals surface area contributed by atoms with Crippen LogP contribution in [0.15, 0.2) is 0 Å². The fourth-order valence-electron chi connectivity index (χ4n) is 1.10. The van der Waals surface area contributed by atoms with E-state index < -0.39 is 23.8 Å². The first-order chi connectivity index (χ1) is 6.70. The standard InChI is InChI=1S/C8H13F3N2O2/c1-4(2)3-5(7(15)13-12)6(14)8(9,10)11/h4-5H,3,12H2,1-2H3,(H,13,15). The van der Waals surface area contributed by atoms with E-state index in [4.69, 9.17) is 5.84 Å². The number of alkyl halides is 3. The normalized spacial score (nSPS) is 13.8. The summed E-state index contributed by atoms with van der Waals surface area (Å²) >= 11 is 0. The summed E-state index contributed by atoms with van der Waals surface area (Å²) in [5.41, 5.74) is 1.56. The Bertz CT molecular complexity index is 251. The number of carbonyl (C=O) groups excluding carboxylic acids is 2. The zero-order valence-corrected chi connectivity index (χ0v) is 8.39. The number of halogens is 3. The maximum absolute atomic E-state index is 12.1. The highest BCUT2D eigenvalue weighted by Gasteiger charge is 2.46. The molecular formula is C8H13F3N2O2. The molecule has 7 heteroatoms. The first kappa shape index (κ1) is 13.9. The number of amides is 1. The minimum atomic E-state index is -5.01. The van der Waals surface area contributed by atoms with Crippen LogP contribution in [0.25, 0.3) is 0 Å². The molecule has 0 bridgehead atoms. The topological polar surface area (TPSA) is 72.2 Å². The Balaban J connectivity index is 4.79. The molecule has 0 heterocycles. The second-order valence-corrected chi connectivity index (χ2v) is 3.55. The van der Waals surface area contributed by atoms with E-state index in [0.717, 1.165) is 0 Å². The average Bonchev–Trinajstić information content (AvgIpc) is 2.10. The van der Waals surface area contributed by atoms with Crippen molar-refractivity contribution in [3.05, 3.63) is 0 Å². The molecule has 88 valence electrons. The van der Waals surface area contributed by atoms with E-state index in [9.17, 15) is 22.8 Å². The molecule has 0 aromatic carbocycles. The largest absolute Gasteiger partial charge is 0.450 e. The lowest BCUT2D eigenvalue weighted by Gasteiger charge is -2.17. The highest BCUT2D eigenvalue weighted by atomic mass is 19.4. The molecule has 0 aliphatic carbocycles. The van der Waals surface area contributed by atoms with Crippen molar-refractivity contribution in [3.63, 3.8) is 0 Å². The zero-order chi connectivity index (χ0) is 12.2. The molecule has 1 atom stereocenters. The number of rotatable bonds is 4. The predicted molar refractivity (Wildman–Crippen MR) is 46.3 cm³/mol. The van der Waals surface area contributed by atoms with Gasteiger partial charge in [-0.3, -0.25) is 15.0 Å². The van der Waals surface area contributed by atoms with Crippen LogP contribution in [0, 0.1) is 11.8 Å². The van der Waals surface area contributed by atoms with Crippen LogP contribution in [-0.4, -0.2) is 17.9 Å². The first-order valence-electron chi connectivity index (χ1n) is 4.31. The summed E-state index contributed by atoms with van der Waals surface area (Å²) in [7, 11) is 0. The third-order valence-electron chi connectivity index (χ3n) is 1.76. The molecule has 0 aromatic rings. The van der Waals surface area contributed by atoms with Gasteiger partial charge in [-0.25, -0.2) is 5.84 Å². The van der Waals surface area contributed by atoms with Crippen LogP contribution in [0.1, 0.15) is 20.3 Å². The van der Waals surface area contributed by atoms with Crippen LogP contribution in [0.2, 0.25) is 0 Å². The Labute approximate surface area is 85.0 Å². The summed E-state index contributed by atoms with van der Waals surface area (Å²) in [4.78, 5) is 21.8. The molecule has 0 aliphatic rings. The van der Waals surface area contributed by atoms with Crippen LogP contribution < -0.4 is 11.3 Å². The lowest BCUT2D eigenvalue weighted by atomic mass is 9.92. The summed E-state index contributed by atoms with van der Waals surface area (Å²) < 4.78 is 36.2. The fraction of sp³-hybridized carbons (Fsp3) is 0.750. The van der Waals surface area contributed by atoms with E-state index >= 15 is 0 Å². The van der Waals surface area contributed by atoms with E-state index in [-0.39, 0.29) is 12.3 Å². The molecule has 1 amide bonds. The summed E-state index contributed by atoms with van der Waals surface area (Å²) in [5.74, 6) is -0.416. The molecule has 0 aromatic heterocycles. The zero-order valence-electron chi connectivity index (χ0n) is 8.39. The molecule has 3 N–H and O–H groups in total. The van der Waals surface area contributed by atoms with Crippen molar-refractivity contribution in [1.29, 1.82) is 0 Å². The molecular weight excluding hydrogens is 213 g/mol. The maximum atomic E-state index is 12.1. The molecule has 0 radical (unpaired) electrons. The van der Waals surface area contributed by atoms with E-state index in [1.165, 1.54) is 0 Å². The third kappa shape index (κ3) is 4.28. The summed E-state index contributed by atoms with van der Waals surface area (Å²) in [6.07, 6.45) is -5.19. The van der Waals surface area contributed by atoms with Gasteiger partial charge in [-0.15, -0.1) is 0 Å². The molecule has 0 spiro atoms. The van der Waals surface area contributed by atoms with Gasteiger partial charge in [-0.2, -0.15) is 13.2 Å². The van der Waals surface area contributed by atoms with Crippen molar-refractivity contribution in [3.8, 4) is 0 Å². The highest BCUT2D eigenvalue weighted by Crippen LogP contribution is 2.25. The van der Waals surface area contributed by atoms with Crippen LogP contribution in [0.5, 0.6) is 0 Å². The van der Waals surface area contributed by atoms with E-state index in [1.807, 2.05) is 0 Å². The predicted octanol–water partition coefficient (Wildman–Crippen LogP) is 0.770. The minimum absolute atomic E-state index is 0.179. The second kappa shape index (κ2) is 5.11. The van der Waals surface area contributed by atoms with Gasteiger partial charge in [0.25, 0.3) is 0 Å². The second-order valence-electron chi connectivity index (χ2n) is 3.55. The van der Waals surface area contributed by atoms with Crippen molar-refractivity contribution in [2.75, 3.05) is 0 Å². The summed E-state index contributed by atoms with van der Waals surface area (Å²) in [6, 6.07) is 0. The lowest BCUT2D eigenvalue weighted by molar-refractivity contribution is -0.177. The number of Topliss-reactive ketones (excluding diaryl/α,β-unsaturated/α-hetero) is 1. The van der Waals surface area contributed by atoms with E-state index in [1.54, 1.807) is 19.3 Å². The number of hydrogen-bond donors (Lipinski definition) is 2. The van der Waals surface area contributed by atoms with Gasteiger partial charge < -0.3 is 0 Å². The maximum Gasteiger partial charge on any atom is 0.450 e. The van der Waals surface area contributed by atoms with Crippen molar-refractivity contribution in [2.45, 2.75) is 26.4 Å². The van der Waals surface area contributed by atoms with Gasteiger partial charge in [0.05, 0.1) is 0 Å². The third-order valence-corrected chi connectivity index (χ3v) is 1.76. The minimum Gasteiger partial charge on any atom is -0.294 e. The van der Waals surface area contributed by atoms with Gasteiger partial charge in [-0.1, -0.05) is 13.8 Å². The van der Waals surface area contributed by atoms with Gasteiger partial charge in [0, 0.05) is 0 Å². The number of hydrazine groups is 1. The van der Waals surface area contributed by atoms with E-state index in [2.05, 4.69) is 0 Å². The molecule has 4 nitrogen and oxygen atoms in total. The van der Waals surface area contributed by atoms with Crippen molar-refractivity contribution < 1.29 is 22.8 Å². The van der Waals surface area contributed by atoms with Gasteiger partial charge in [0.15, 0.2) is 0 Å². The van der Waals surface area contributed by atoms with Crippen LogP contribution >= 0.6 is 0 Å². The number of carbonyl (C=O) groups is 2. The highest BCUT2D eigenvalue weighted by molar-refractivity contribution is 6.03. The Morgan fingerprint density at radius 3 is 2.07 bits per heavy atom. The fourth-order valence-corrected chi connectivity index (χ4v) is 1.10. The number of nitrogens with two attached hydrogens (primary N) is 1. The first-order valence-corrected chi connectivity index (χ1v) is 4.31. The Hall–Kier alpha value is -1.11. The Morgan fingerprint density at radius 1 is 1.33 bits per heavy atom. The number of nitrogens with one attached hydrogen (secondary N) is 1. The molecule has 15 heavy (non-hydrogen) atoms. The van der Waals surface area contributed by atoms with Gasteiger partial charge in [-0.05, 0) is 12.3 Å². The molecule has 0 saturated heterocycles. The quantitative estimate of drug-likeness (QED) is 0.322.